The molecule has 2 amide bonds. The van der Waals surface area contributed by atoms with Gasteiger partial charge in [0.05, 0.1) is 5.92 Å². The van der Waals surface area contributed by atoms with Gasteiger partial charge in [0.25, 0.3) is 5.91 Å². The second-order valence-corrected chi connectivity index (χ2v) is 7.08. The lowest BCUT2D eigenvalue weighted by molar-refractivity contribution is -0.152. The number of benzene rings is 1. The van der Waals surface area contributed by atoms with Gasteiger partial charge in [-0.1, -0.05) is 43.2 Å². The Morgan fingerprint density at radius 2 is 1.88 bits per heavy atom. The molecule has 1 aliphatic heterocycles. The number of nitrogens with zero attached hydrogens (tertiary/aromatic N) is 1. The third kappa shape index (κ3) is 4.84. The molecule has 6 nitrogen and oxygen atoms in total. The molecule has 140 valence electrons. The van der Waals surface area contributed by atoms with E-state index in [-0.39, 0.29) is 30.9 Å². The van der Waals surface area contributed by atoms with E-state index in [9.17, 15) is 14.4 Å². The predicted molar refractivity (Wildman–Crippen MR) is 96.2 cm³/mol. The maximum atomic E-state index is 12.2. The van der Waals surface area contributed by atoms with E-state index in [0.29, 0.717) is 13.1 Å². The van der Waals surface area contributed by atoms with Crippen molar-refractivity contribution in [2.24, 2.45) is 5.92 Å². The zero-order chi connectivity index (χ0) is 18.4. The van der Waals surface area contributed by atoms with Crippen LogP contribution in [-0.2, 0) is 25.5 Å². The van der Waals surface area contributed by atoms with Crippen LogP contribution in [0.3, 0.4) is 0 Å². The number of esters is 1. The molecule has 26 heavy (non-hydrogen) atoms. The van der Waals surface area contributed by atoms with Gasteiger partial charge in [0.15, 0.2) is 6.61 Å². The topological polar surface area (TPSA) is 75.7 Å². The Morgan fingerprint density at radius 1 is 1.15 bits per heavy atom. The normalized spacial score (nSPS) is 20.4. The molecule has 1 heterocycles. The number of ether oxygens (including phenoxy) is 1. The Hall–Kier alpha value is -2.37. The van der Waals surface area contributed by atoms with Gasteiger partial charge in [-0.2, -0.15) is 0 Å². The van der Waals surface area contributed by atoms with Gasteiger partial charge in [-0.05, 0) is 24.8 Å². The fourth-order valence-corrected chi connectivity index (χ4v) is 3.75. The van der Waals surface area contributed by atoms with E-state index in [1.165, 1.54) is 0 Å². The first-order valence-electron chi connectivity index (χ1n) is 9.40. The van der Waals surface area contributed by atoms with Crippen molar-refractivity contribution >= 4 is 17.8 Å². The maximum absolute atomic E-state index is 12.2. The highest BCUT2D eigenvalue weighted by Crippen LogP contribution is 2.29. The molecule has 1 aromatic carbocycles. The van der Waals surface area contributed by atoms with Crippen LogP contribution >= 0.6 is 0 Å². The summed E-state index contributed by atoms with van der Waals surface area (Å²) < 4.78 is 5.12. The molecule has 0 radical (unpaired) electrons. The summed E-state index contributed by atoms with van der Waals surface area (Å²) in [4.78, 5) is 38.0. The lowest BCUT2D eigenvalue weighted by Gasteiger charge is -2.23. The van der Waals surface area contributed by atoms with E-state index in [1.54, 1.807) is 0 Å². The van der Waals surface area contributed by atoms with Crippen molar-refractivity contribution in [2.75, 3.05) is 19.7 Å². The minimum Gasteiger partial charge on any atom is -0.455 e. The van der Waals surface area contributed by atoms with Gasteiger partial charge >= 0.3 is 5.97 Å². The Balaban J connectivity index is 1.35. The summed E-state index contributed by atoms with van der Waals surface area (Å²) in [7, 11) is 0. The Morgan fingerprint density at radius 3 is 2.62 bits per heavy atom. The average Bonchev–Trinajstić information content (AvgIpc) is 3.30. The number of hydrogen-bond donors (Lipinski definition) is 1. The summed E-state index contributed by atoms with van der Waals surface area (Å²) in [5.74, 6) is -1.17. The largest absolute Gasteiger partial charge is 0.455 e. The Kier molecular flexibility index (Phi) is 6.26. The number of carbonyl (C=O) groups is 3. The summed E-state index contributed by atoms with van der Waals surface area (Å²) in [5.41, 5.74) is 1.14. The monoisotopic (exact) mass is 358 g/mol. The van der Waals surface area contributed by atoms with Crippen LogP contribution in [0.2, 0.25) is 0 Å². The van der Waals surface area contributed by atoms with Crippen LogP contribution in [0.5, 0.6) is 0 Å². The standard InChI is InChI=1S/C20H26N2O4/c23-18(21-11-10-15-6-2-1-3-7-15)14-26-20(25)16-12-19(24)22(13-16)17-8-4-5-9-17/h1-3,6-7,16-17H,4-5,8-14H2,(H,21,23)/t16-/m1/s1. The average molecular weight is 358 g/mol. The van der Waals surface area contributed by atoms with E-state index in [4.69, 9.17) is 4.74 Å². The molecule has 0 aromatic heterocycles. The van der Waals surface area contributed by atoms with Crippen molar-refractivity contribution in [3.63, 3.8) is 0 Å². The Labute approximate surface area is 153 Å². The highest BCUT2D eigenvalue weighted by molar-refractivity contribution is 5.88. The second kappa shape index (κ2) is 8.83. The van der Waals surface area contributed by atoms with E-state index in [0.717, 1.165) is 37.7 Å². The van der Waals surface area contributed by atoms with Gasteiger partial charge in [-0.15, -0.1) is 0 Å². The number of rotatable bonds is 7. The summed E-state index contributed by atoms with van der Waals surface area (Å²) in [6.07, 6.45) is 5.27. The van der Waals surface area contributed by atoms with Gasteiger partial charge in [0, 0.05) is 25.6 Å². The maximum Gasteiger partial charge on any atom is 0.311 e. The third-order valence-corrected chi connectivity index (χ3v) is 5.18. The minimum atomic E-state index is -0.447. The summed E-state index contributed by atoms with van der Waals surface area (Å²) in [5, 5.41) is 2.75. The lowest BCUT2D eigenvalue weighted by Crippen LogP contribution is -2.35. The molecule has 0 spiro atoms. The highest BCUT2D eigenvalue weighted by atomic mass is 16.5. The van der Waals surface area contributed by atoms with Crippen molar-refractivity contribution in [1.29, 1.82) is 0 Å². The molecule has 3 rings (SSSR count). The van der Waals surface area contributed by atoms with Crippen molar-refractivity contribution in [2.45, 2.75) is 44.6 Å². The molecule has 1 aromatic rings. The molecule has 1 saturated carbocycles. The molecule has 0 bridgehead atoms. The van der Waals surface area contributed by atoms with Crippen LogP contribution in [0.25, 0.3) is 0 Å². The molecule has 2 aliphatic rings. The van der Waals surface area contributed by atoms with Gasteiger partial charge in [0.2, 0.25) is 5.91 Å². The molecular weight excluding hydrogens is 332 g/mol. The van der Waals surface area contributed by atoms with Crippen molar-refractivity contribution < 1.29 is 19.1 Å². The van der Waals surface area contributed by atoms with Gasteiger partial charge in [-0.3, -0.25) is 14.4 Å². The van der Waals surface area contributed by atoms with Crippen LogP contribution in [0.4, 0.5) is 0 Å². The van der Waals surface area contributed by atoms with Gasteiger partial charge in [0.1, 0.15) is 0 Å². The van der Waals surface area contributed by atoms with Gasteiger partial charge in [-0.25, -0.2) is 0 Å². The molecule has 1 aliphatic carbocycles. The van der Waals surface area contributed by atoms with Crippen LogP contribution in [0.15, 0.2) is 30.3 Å². The molecule has 2 fully saturated rings. The molecular formula is C20H26N2O4. The zero-order valence-electron chi connectivity index (χ0n) is 15.0. The van der Waals surface area contributed by atoms with E-state index in [1.807, 2.05) is 35.2 Å². The summed E-state index contributed by atoms with van der Waals surface area (Å²) >= 11 is 0. The smallest absolute Gasteiger partial charge is 0.311 e. The van der Waals surface area contributed by atoms with Crippen LogP contribution < -0.4 is 5.32 Å². The second-order valence-electron chi connectivity index (χ2n) is 7.08. The predicted octanol–water partition coefficient (Wildman–Crippen LogP) is 1.68. The van der Waals surface area contributed by atoms with E-state index in [2.05, 4.69) is 5.32 Å². The molecule has 0 unspecified atom stereocenters. The number of carbonyl (C=O) groups excluding carboxylic acids is 3. The fraction of sp³-hybridized carbons (Fsp3) is 0.550. The van der Waals surface area contributed by atoms with Crippen molar-refractivity contribution in [3.8, 4) is 0 Å². The zero-order valence-corrected chi connectivity index (χ0v) is 15.0. The van der Waals surface area contributed by atoms with Crippen LogP contribution in [0.1, 0.15) is 37.7 Å². The first kappa shape index (κ1) is 18.4. The van der Waals surface area contributed by atoms with Crippen LogP contribution in [-0.4, -0.2) is 48.4 Å². The number of likely N-dealkylation sites (tertiary alicyclic amines) is 1. The number of hydrogen-bond acceptors (Lipinski definition) is 4. The lowest BCUT2D eigenvalue weighted by atomic mass is 10.1. The van der Waals surface area contributed by atoms with Gasteiger partial charge < -0.3 is 15.0 Å². The third-order valence-electron chi connectivity index (χ3n) is 5.18. The summed E-state index contributed by atoms with van der Waals surface area (Å²) in [6, 6.07) is 10.1. The molecule has 1 saturated heterocycles. The molecule has 1 N–H and O–H groups in total. The minimum absolute atomic E-state index is 0.0335. The van der Waals surface area contributed by atoms with Crippen molar-refractivity contribution in [1.82, 2.24) is 10.2 Å². The number of nitrogens with one attached hydrogen (secondary N) is 1. The summed E-state index contributed by atoms with van der Waals surface area (Å²) in [6.45, 7) is 0.636. The molecule has 6 heteroatoms. The fourth-order valence-electron chi connectivity index (χ4n) is 3.75. The SMILES string of the molecule is O=C(COC(=O)[C@@H]1CC(=O)N(C2CCCC2)C1)NCCc1ccccc1. The molecule has 1 atom stereocenters. The van der Waals surface area contributed by atoms with E-state index >= 15 is 0 Å². The number of amides is 2. The Bertz CT molecular complexity index is 640. The quantitative estimate of drug-likeness (QED) is 0.753. The first-order valence-corrected chi connectivity index (χ1v) is 9.40. The van der Waals surface area contributed by atoms with Crippen LogP contribution in [0, 0.1) is 5.92 Å². The van der Waals surface area contributed by atoms with E-state index < -0.39 is 11.9 Å². The first-order chi connectivity index (χ1) is 12.6. The highest BCUT2D eigenvalue weighted by Gasteiger charge is 2.39. The van der Waals surface area contributed by atoms with Crippen molar-refractivity contribution in [3.05, 3.63) is 35.9 Å².